The van der Waals surface area contributed by atoms with Crippen LogP contribution >= 0.6 is 0 Å². The number of hydrogen-bond acceptors (Lipinski definition) is 5. The van der Waals surface area contributed by atoms with E-state index in [1.54, 1.807) is 6.08 Å². The van der Waals surface area contributed by atoms with Gasteiger partial charge in [-0.25, -0.2) is 0 Å². The maximum Gasteiger partial charge on any atom is 0.305 e. The van der Waals surface area contributed by atoms with Crippen LogP contribution < -0.4 is 10.4 Å². The van der Waals surface area contributed by atoms with E-state index < -0.39 is 26.6 Å². The largest absolute Gasteiger partial charge is 0.469 e. The lowest BCUT2D eigenvalue weighted by Gasteiger charge is -2.45. The van der Waals surface area contributed by atoms with E-state index in [0.29, 0.717) is 45.1 Å². The molecule has 0 amide bonds. The molecule has 0 N–H and O–H groups in total. The molecular weight excluding hydrogens is 663 g/mol. The van der Waals surface area contributed by atoms with Gasteiger partial charge in [-0.1, -0.05) is 132 Å². The lowest BCUT2D eigenvalue weighted by molar-refractivity contribution is -0.229. The molecule has 2 fully saturated rings. The van der Waals surface area contributed by atoms with Crippen molar-refractivity contribution in [3.05, 3.63) is 97.1 Å². The normalized spacial score (nSPS) is 22.5. The standard InChI is InChI=1S/C43H60F2O5Si/c1-7-8-26-39(49-41-28-19-20-31-48-41)43(44,45)30-29-36-33(2)32-38(37(36)25-17-9-10-18-27-40(46)47-6)50-51(42(3,4)5,34-21-13-11-14-22-34)35-23-15-12-16-24-35/h9,11-17,21-24,29-30,36-39,41H,2,7-8,10,18-20,25-28,31-32H2,1,3-6H3/b17-9+,30-29+/t36-,37+,38-,39?,41?/m0/s1. The summed E-state index contributed by atoms with van der Waals surface area (Å²) in [6.07, 6.45) is 12.0. The Kier molecular flexibility index (Phi) is 15.4. The average Bonchev–Trinajstić information content (AvgIpc) is 3.42. The van der Waals surface area contributed by atoms with Gasteiger partial charge < -0.3 is 18.6 Å². The van der Waals surface area contributed by atoms with Crippen LogP contribution in [0.4, 0.5) is 8.78 Å². The Hall–Kier alpha value is -2.91. The van der Waals surface area contributed by atoms with Gasteiger partial charge in [-0.05, 0) is 78.8 Å². The van der Waals surface area contributed by atoms with Crippen molar-refractivity contribution in [2.24, 2.45) is 11.8 Å². The number of carbonyl (C=O) groups is 1. The van der Waals surface area contributed by atoms with Crippen LogP contribution in [0.1, 0.15) is 98.3 Å². The first-order chi connectivity index (χ1) is 24.4. The first kappa shape index (κ1) is 40.9. The Labute approximate surface area is 306 Å². The summed E-state index contributed by atoms with van der Waals surface area (Å²) in [5, 5.41) is 2.12. The quantitative estimate of drug-likeness (QED) is 0.0664. The number of allylic oxidation sites excluding steroid dienone is 3. The number of alkyl halides is 2. The molecule has 51 heavy (non-hydrogen) atoms. The summed E-state index contributed by atoms with van der Waals surface area (Å²) in [5.41, 5.74) is 0.899. The second-order valence-corrected chi connectivity index (χ2v) is 19.4. The van der Waals surface area contributed by atoms with Crippen LogP contribution in [0.25, 0.3) is 0 Å². The molecule has 0 aromatic heterocycles. The molecular formula is C43H60F2O5Si. The third-order valence-electron chi connectivity index (χ3n) is 10.4. The highest BCUT2D eigenvalue weighted by Gasteiger charge is 2.54. The molecule has 0 bridgehead atoms. The van der Waals surface area contributed by atoms with Crippen molar-refractivity contribution in [3.63, 3.8) is 0 Å². The number of hydrogen-bond donors (Lipinski definition) is 0. The van der Waals surface area contributed by atoms with Crippen molar-refractivity contribution in [1.82, 2.24) is 0 Å². The topological polar surface area (TPSA) is 54.0 Å². The van der Waals surface area contributed by atoms with Crippen LogP contribution in [0.3, 0.4) is 0 Å². The molecule has 5 nitrogen and oxygen atoms in total. The molecule has 1 aliphatic carbocycles. The number of carbonyl (C=O) groups excluding carboxylic acids is 1. The Morgan fingerprint density at radius 1 is 1.02 bits per heavy atom. The lowest BCUT2D eigenvalue weighted by atomic mass is 9.88. The maximum atomic E-state index is 16.2. The highest BCUT2D eigenvalue weighted by Crippen LogP contribution is 2.46. The van der Waals surface area contributed by atoms with Gasteiger partial charge in [-0.2, -0.15) is 8.78 Å². The number of halogens is 2. The zero-order valence-electron chi connectivity index (χ0n) is 31.5. The third kappa shape index (κ3) is 10.8. The van der Waals surface area contributed by atoms with Gasteiger partial charge in [0.05, 0.1) is 13.2 Å². The molecule has 1 saturated heterocycles. The first-order valence-corrected chi connectivity index (χ1v) is 20.9. The van der Waals surface area contributed by atoms with E-state index in [0.717, 1.165) is 37.3 Å². The second kappa shape index (κ2) is 19.2. The fourth-order valence-electron chi connectivity index (χ4n) is 7.62. The molecule has 8 heteroatoms. The van der Waals surface area contributed by atoms with Crippen molar-refractivity contribution in [3.8, 4) is 0 Å². The predicted molar refractivity (Wildman–Crippen MR) is 205 cm³/mol. The molecule has 1 saturated carbocycles. The zero-order chi connectivity index (χ0) is 36.9. The van der Waals surface area contributed by atoms with Gasteiger partial charge in [-0.15, -0.1) is 0 Å². The monoisotopic (exact) mass is 722 g/mol. The Morgan fingerprint density at radius 3 is 2.25 bits per heavy atom. The van der Waals surface area contributed by atoms with Crippen molar-refractivity contribution in [2.45, 2.75) is 128 Å². The maximum absolute atomic E-state index is 16.2. The summed E-state index contributed by atoms with van der Waals surface area (Å²) in [4.78, 5) is 11.6. The van der Waals surface area contributed by atoms with Gasteiger partial charge in [-0.3, -0.25) is 4.79 Å². The first-order valence-electron chi connectivity index (χ1n) is 19.0. The highest BCUT2D eigenvalue weighted by atomic mass is 28.4. The number of benzene rings is 2. The molecule has 2 aromatic rings. The van der Waals surface area contributed by atoms with Crippen LogP contribution in [-0.4, -0.2) is 52.4 Å². The number of ether oxygens (including phenoxy) is 3. The van der Waals surface area contributed by atoms with Gasteiger partial charge >= 0.3 is 5.97 Å². The van der Waals surface area contributed by atoms with Gasteiger partial charge in [0.1, 0.15) is 6.10 Å². The Bertz CT molecular complexity index is 1380. The second-order valence-electron chi connectivity index (χ2n) is 15.1. The zero-order valence-corrected chi connectivity index (χ0v) is 32.5. The average molecular weight is 723 g/mol. The Morgan fingerprint density at radius 2 is 1.69 bits per heavy atom. The summed E-state index contributed by atoms with van der Waals surface area (Å²) < 4.78 is 56.4. The minimum absolute atomic E-state index is 0.111. The van der Waals surface area contributed by atoms with Crippen LogP contribution in [0.5, 0.6) is 0 Å². The van der Waals surface area contributed by atoms with Gasteiger partial charge in [0.2, 0.25) is 0 Å². The predicted octanol–water partition coefficient (Wildman–Crippen LogP) is 9.71. The van der Waals surface area contributed by atoms with E-state index >= 15 is 8.78 Å². The molecule has 280 valence electrons. The fraction of sp³-hybridized carbons (Fsp3) is 0.558. The number of rotatable bonds is 18. The smallest absolute Gasteiger partial charge is 0.305 e. The summed E-state index contributed by atoms with van der Waals surface area (Å²) in [6, 6.07) is 21.0. The van der Waals surface area contributed by atoms with Crippen LogP contribution in [0.2, 0.25) is 5.04 Å². The van der Waals surface area contributed by atoms with E-state index in [9.17, 15) is 4.79 Å². The minimum Gasteiger partial charge on any atom is -0.469 e. The van der Waals surface area contributed by atoms with E-state index in [-0.39, 0.29) is 35.4 Å². The van der Waals surface area contributed by atoms with E-state index in [1.165, 1.54) is 17.5 Å². The van der Waals surface area contributed by atoms with Gasteiger partial charge in [0, 0.05) is 18.9 Å². The molecule has 2 unspecified atom stereocenters. The van der Waals surface area contributed by atoms with Crippen molar-refractivity contribution in [1.29, 1.82) is 0 Å². The molecule has 2 aromatic carbocycles. The minimum atomic E-state index is -3.18. The highest BCUT2D eigenvalue weighted by molar-refractivity contribution is 6.99. The summed E-state index contributed by atoms with van der Waals surface area (Å²) >= 11 is 0. The van der Waals surface area contributed by atoms with E-state index in [1.807, 2.05) is 19.1 Å². The summed E-state index contributed by atoms with van der Waals surface area (Å²) in [5.74, 6) is -3.82. The summed E-state index contributed by atoms with van der Waals surface area (Å²) in [7, 11) is -1.53. The number of methoxy groups -OCH3 is 1. The number of unbranched alkanes of at least 4 members (excludes halogenated alkanes) is 2. The molecule has 2 aliphatic rings. The molecule has 1 aliphatic heterocycles. The molecule has 0 spiro atoms. The fourth-order valence-corrected chi connectivity index (χ4v) is 12.4. The van der Waals surface area contributed by atoms with Crippen molar-refractivity contribution >= 4 is 24.7 Å². The Balaban J connectivity index is 1.68. The molecule has 4 rings (SSSR count). The molecule has 5 atom stereocenters. The SMILES string of the molecule is C=C1C[C@H](O[Si](c2ccccc2)(c2ccccc2)C(C)(C)C)[C@H](C/C=C/CCCC(=O)OC)[C@H]1/C=C/C(F)(F)C(CCCC)OC1CCCCO1. The number of esters is 1. The summed E-state index contributed by atoms with van der Waals surface area (Å²) in [6.45, 7) is 13.8. The van der Waals surface area contributed by atoms with Crippen LogP contribution in [0, 0.1) is 11.8 Å². The van der Waals surface area contributed by atoms with Crippen LogP contribution in [0.15, 0.2) is 97.1 Å². The molecule has 1 heterocycles. The van der Waals surface area contributed by atoms with E-state index in [4.69, 9.17) is 18.6 Å². The lowest BCUT2D eigenvalue weighted by Crippen LogP contribution is -2.68. The van der Waals surface area contributed by atoms with Crippen molar-refractivity contribution in [2.75, 3.05) is 13.7 Å². The molecule has 0 radical (unpaired) electrons. The van der Waals surface area contributed by atoms with Gasteiger partial charge in [0.15, 0.2) is 6.29 Å². The van der Waals surface area contributed by atoms with Gasteiger partial charge in [0.25, 0.3) is 14.2 Å². The van der Waals surface area contributed by atoms with Crippen LogP contribution in [-0.2, 0) is 23.4 Å². The van der Waals surface area contributed by atoms with Crippen molar-refractivity contribution < 1.29 is 32.2 Å². The van der Waals surface area contributed by atoms with E-state index in [2.05, 4.69) is 88.0 Å². The third-order valence-corrected chi connectivity index (χ3v) is 15.5.